The molecule has 0 aliphatic carbocycles. The van der Waals surface area contributed by atoms with Gasteiger partial charge < -0.3 is 9.80 Å². The molecule has 5 aromatic rings. The molecule has 0 spiro atoms. The molecular weight excluding hydrogens is 468 g/mol. The molecule has 6 rings (SSSR count). The molecule has 2 aromatic carbocycles. The number of amides is 1. The molecule has 9 heteroatoms. The summed E-state index contributed by atoms with van der Waals surface area (Å²) in [5, 5.41) is 12.5. The second-order valence-electron chi connectivity index (χ2n) is 8.39. The van der Waals surface area contributed by atoms with Gasteiger partial charge >= 0.3 is 0 Å². The number of fused-ring (bicyclic) bond motifs is 3. The molecule has 1 fully saturated rings. The van der Waals surface area contributed by atoms with Gasteiger partial charge in [-0.25, -0.2) is 9.38 Å². The number of hydrogen-bond acceptors (Lipinski definition) is 6. The summed E-state index contributed by atoms with van der Waals surface area (Å²) >= 11 is 7.77. The van der Waals surface area contributed by atoms with Gasteiger partial charge in [0, 0.05) is 41.6 Å². The smallest absolute Gasteiger partial charge is 0.264 e. The molecular formula is C25H21ClN6OS. The maximum Gasteiger partial charge on any atom is 0.264 e. The molecule has 7 nitrogen and oxygen atoms in total. The summed E-state index contributed by atoms with van der Waals surface area (Å²) < 4.78 is 2.02. The first-order valence-corrected chi connectivity index (χ1v) is 12.3. The van der Waals surface area contributed by atoms with Crippen LogP contribution in [0.25, 0.3) is 27.9 Å². The number of carbonyl (C=O) groups excluding carboxylic acids is 1. The number of hydrogen-bond donors (Lipinski definition) is 0. The first-order chi connectivity index (χ1) is 16.6. The molecule has 170 valence electrons. The van der Waals surface area contributed by atoms with Crippen LogP contribution < -0.4 is 4.90 Å². The van der Waals surface area contributed by atoms with Crippen molar-refractivity contribution in [3.63, 3.8) is 0 Å². The van der Waals surface area contributed by atoms with Crippen molar-refractivity contribution >= 4 is 51.3 Å². The highest BCUT2D eigenvalue weighted by Gasteiger charge is 2.31. The van der Waals surface area contributed by atoms with Crippen molar-refractivity contribution in [2.45, 2.75) is 13.0 Å². The first kappa shape index (κ1) is 21.1. The molecule has 1 saturated heterocycles. The van der Waals surface area contributed by atoms with Crippen LogP contribution in [0.3, 0.4) is 0 Å². The number of piperazine rings is 1. The van der Waals surface area contributed by atoms with Crippen LogP contribution in [0.5, 0.6) is 0 Å². The Morgan fingerprint density at radius 2 is 1.91 bits per heavy atom. The number of nitrogens with zero attached hydrogens (tertiary/aromatic N) is 6. The van der Waals surface area contributed by atoms with Crippen molar-refractivity contribution in [3.8, 4) is 11.4 Å². The van der Waals surface area contributed by atoms with Crippen LogP contribution >= 0.6 is 22.9 Å². The molecule has 0 radical (unpaired) electrons. The van der Waals surface area contributed by atoms with Crippen molar-refractivity contribution in [2.75, 3.05) is 24.5 Å². The second-order valence-corrected chi connectivity index (χ2v) is 9.78. The van der Waals surface area contributed by atoms with E-state index in [0.29, 0.717) is 24.7 Å². The number of benzene rings is 2. The molecule has 1 aliphatic rings. The molecule has 1 atom stereocenters. The fourth-order valence-electron chi connectivity index (χ4n) is 4.56. The van der Waals surface area contributed by atoms with Gasteiger partial charge in [0.1, 0.15) is 0 Å². The fourth-order valence-corrected chi connectivity index (χ4v) is 5.41. The van der Waals surface area contributed by atoms with Gasteiger partial charge in [0.2, 0.25) is 5.95 Å². The van der Waals surface area contributed by atoms with Crippen LogP contribution in [0.4, 0.5) is 5.95 Å². The summed E-state index contributed by atoms with van der Waals surface area (Å²) in [6, 6.07) is 19.5. The van der Waals surface area contributed by atoms with E-state index in [1.165, 1.54) is 11.3 Å². The van der Waals surface area contributed by atoms with Gasteiger partial charge in [0.15, 0.2) is 11.5 Å². The zero-order valence-corrected chi connectivity index (χ0v) is 20.0. The molecule has 34 heavy (non-hydrogen) atoms. The Morgan fingerprint density at radius 3 is 2.68 bits per heavy atom. The van der Waals surface area contributed by atoms with Crippen molar-refractivity contribution < 1.29 is 4.79 Å². The Bertz CT molecular complexity index is 1500. The van der Waals surface area contributed by atoms with E-state index in [2.05, 4.69) is 22.0 Å². The lowest BCUT2D eigenvalue weighted by Crippen LogP contribution is -2.54. The van der Waals surface area contributed by atoms with Gasteiger partial charge in [-0.1, -0.05) is 48.0 Å². The molecule has 1 amide bonds. The summed E-state index contributed by atoms with van der Waals surface area (Å²) in [5.74, 6) is 1.57. The van der Waals surface area contributed by atoms with E-state index in [4.69, 9.17) is 16.6 Å². The minimum absolute atomic E-state index is 0.0203. The quantitative estimate of drug-likeness (QED) is 0.357. The fraction of sp³-hybridized carbons (Fsp3) is 0.200. The Hall–Kier alpha value is -3.49. The van der Waals surface area contributed by atoms with Gasteiger partial charge in [0.05, 0.1) is 10.4 Å². The van der Waals surface area contributed by atoms with Crippen molar-refractivity contribution in [1.82, 2.24) is 24.5 Å². The highest BCUT2D eigenvalue weighted by Crippen LogP contribution is 2.31. The SMILES string of the molecule is CC1CN(c2nc3cc(Cl)ccc3c3nnc(-c4ccccc4)n23)CCN1C(=O)c1cccs1. The maximum absolute atomic E-state index is 13.0. The van der Waals surface area contributed by atoms with Crippen LogP contribution in [-0.2, 0) is 0 Å². The predicted molar refractivity (Wildman–Crippen MR) is 136 cm³/mol. The molecule has 4 heterocycles. The van der Waals surface area contributed by atoms with Gasteiger partial charge in [-0.3, -0.25) is 4.79 Å². The molecule has 3 aromatic heterocycles. The second kappa shape index (κ2) is 8.38. The summed E-state index contributed by atoms with van der Waals surface area (Å²) in [7, 11) is 0. The van der Waals surface area contributed by atoms with E-state index in [1.807, 2.05) is 75.3 Å². The van der Waals surface area contributed by atoms with E-state index in [-0.39, 0.29) is 11.9 Å². The number of aromatic nitrogens is 4. The normalized spacial score (nSPS) is 16.5. The topological polar surface area (TPSA) is 66.6 Å². The van der Waals surface area contributed by atoms with Gasteiger partial charge in [-0.2, -0.15) is 0 Å². The summed E-state index contributed by atoms with van der Waals surface area (Å²) in [6.45, 7) is 3.99. The lowest BCUT2D eigenvalue weighted by atomic mass is 10.1. The zero-order valence-electron chi connectivity index (χ0n) is 18.4. The zero-order chi connectivity index (χ0) is 23.2. The Kier molecular flexibility index (Phi) is 5.19. The third-order valence-corrected chi connectivity index (χ3v) is 7.31. The van der Waals surface area contributed by atoms with E-state index in [0.717, 1.165) is 38.8 Å². The molecule has 1 unspecified atom stereocenters. The maximum atomic E-state index is 13.0. The van der Waals surface area contributed by atoms with Crippen LogP contribution in [-0.4, -0.2) is 56.1 Å². The number of rotatable bonds is 3. The van der Waals surface area contributed by atoms with E-state index in [9.17, 15) is 4.79 Å². The largest absolute Gasteiger partial charge is 0.338 e. The van der Waals surface area contributed by atoms with Crippen LogP contribution in [0.1, 0.15) is 16.6 Å². The van der Waals surface area contributed by atoms with Gasteiger partial charge in [0.25, 0.3) is 5.91 Å². The standard InChI is InChI=1S/C25H21ClN6OS/c1-16-15-30(11-12-31(16)24(33)21-8-5-13-34-21)25-27-20-14-18(26)9-10-19(20)23-29-28-22(32(23)25)17-6-3-2-4-7-17/h2-10,13-14,16H,11-12,15H2,1H3. The Labute approximate surface area is 205 Å². The average molecular weight is 489 g/mol. The summed E-state index contributed by atoms with van der Waals surface area (Å²) in [4.78, 5) is 23.0. The van der Waals surface area contributed by atoms with Crippen LogP contribution in [0.2, 0.25) is 5.02 Å². The summed E-state index contributed by atoms with van der Waals surface area (Å²) in [5.41, 5.74) is 2.47. The summed E-state index contributed by atoms with van der Waals surface area (Å²) in [6.07, 6.45) is 0. The molecule has 1 aliphatic heterocycles. The minimum Gasteiger partial charge on any atom is -0.338 e. The van der Waals surface area contributed by atoms with E-state index >= 15 is 0 Å². The average Bonchev–Trinajstić information content (AvgIpc) is 3.54. The lowest BCUT2D eigenvalue weighted by molar-refractivity contribution is 0.0678. The monoisotopic (exact) mass is 488 g/mol. The van der Waals surface area contributed by atoms with Crippen molar-refractivity contribution in [2.24, 2.45) is 0 Å². The highest BCUT2D eigenvalue weighted by molar-refractivity contribution is 7.12. The van der Waals surface area contributed by atoms with E-state index in [1.54, 1.807) is 0 Å². The lowest BCUT2D eigenvalue weighted by Gasteiger charge is -2.40. The van der Waals surface area contributed by atoms with Crippen LogP contribution in [0, 0.1) is 0 Å². The van der Waals surface area contributed by atoms with Gasteiger partial charge in [-0.15, -0.1) is 21.5 Å². The first-order valence-electron chi connectivity index (χ1n) is 11.1. The Balaban J connectivity index is 1.45. The number of carbonyl (C=O) groups is 1. The van der Waals surface area contributed by atoms with Crippen LogP contribution in [0.15, 0.2) is 66.0 Å². The molecule has 0 bridgehead atoms. The molecule has 0 saturated carbocycles. The molecule has 0 N–H and O–H groups in total. The van der Waals surface area contributed by atoms with Gasteiger partial charge in [-0.05, 0) is 36.6 Å². The number of thiophene rings is 1. The minimum atomic E-state index is 0.0203. The highest BCUT2D eigenvalue weighted by atomic mass is 35.5. The van der Waals surface area contributed by atoms with Crippen molar-refractivity contribution in [3.05, 3.63) is 75.9 Å². The third-order valence-electron chi connectivity index (χ3n) is 6.22. The third kappa shape index (κ3) is 3.50. The number of halogens is 1. The van der Waals surface area contributed by atoms with E-state index < -0.39 is 0 Å². The predicted octanol–water partition coefficient (Wildman–Crippen LogP) is 5.01. The van der Waals surface area contributed by atoms with Crippen molar-refractivity contribution in [1.29, 1.82) is 0 Å². The number of anilines is 1. The Morgan fingerprint density at radius 1 is 1.06 bits per heavy atom.